The van der Waals surface area contributed by atoms with E-state index in [0.717, 1.165) is 46.4 Å². The van der Waals surface area contributed by atoms with Gasteiger partial charge in [-0.2, -0.15) is 0 Å². The van der Waals surface area contributed by atoms with Gasteiger partial charge in [0.25, 0.3) is 0 Å². The number of aliphatic hydroxyl groups excluding tert-OH is 1. The largest absolute Gasteiger partial charge is 0.495 e. The molecule has 0 aliphatic rings. The van der Waals surface area contributed by atoms with Crippen LogP contribution in [0.4, 0.5) is 0 Å². The van der Waals surface area contributed by atoms with Crippen LogP contribution in [0.5, 0.6) is 11.5 Å². The minimum absolute atomic E-state index is 0.0394. The van der Waals surface area contributed by atoms with E-state index >= 15 is 0 Å². The molecule has 0 aliphatic heterocycles. The highest BCUT2D eigenvalue weighted by atomic mass is 16.5. The molecule has 2 unspecified atom stereocenters. The molecule has 2 atom stereocenters. The summed E-state index contributed by atoms with van der Waals surface area (Å²) in [5.74, 6) is 1.74. The van der Waals surface area contributed by atoms with Gasteiger partial charge in [0.05, 0.1) is 37.3 Å². The molecule has 6 aromatic rings. The number of rotatable bonds is 11. The summed E-state index contributed by atoms with van der Waals surface area (Å²) in [6.45, 7) is 1.06. The number of fused-ring (bicyclic) bond motifs is 2. The first-order valence-electron chi connectivity index (χ1n) is 14.5. The molecule has 0 amide bonds. The van der Waals surface area contributed by atoms with Crippen molar-refractivity contribution in [1.29, 1.82) is 0 Å². The molecule has 0 aliphatic carbocycles. The molecule has 8 heteroatoms. The molecule has 0 spiro atoms. The van der Waals surface area contributed by atoms with Crippen molar-refractivity contribution in [2.45, 2.75) is 24.9 Å². The number of ether oxygens (including phenoxy) is 2. The van der Waals surface area contributed by atoms with Crippen LogP contribution in [0.25, 0.3) is 21.8 Å². The van der Waals surface area contributed by atoms with Crippen molar-refractivity contribution in [2.24, 2.45) is 0 Å². The van der Waals surface area contributed by atoms with Crippen LogP contribution in [0.2, 0.25) is 0 Å². The Balaban J connectivity index is 0.000000171. The van der Waals surface area contributed by atoms with Gasteiger partial charge < -0.3 is 29.0 Å². The molecule has 4 heterocycles. The van der Waals surface area contributed by atoms with Gasteiger partial charge >= 0.3 is 0 Å². The maximum Gasteiger partial charge on any atom is 0.143 e. The fourth-order valence-corrected chi connectivity index (χ4v) is 5.70. The summed E-state index contributed by atoms with van der Waals surface area (Å²) in [5.41, 5.74) is 4.47. The molecular weight excluding hydrogens is 538 g/mol. The van der Waals surface area contributed by atoms with E-state index in [4.69, 9.17) is 9.47 Å². The maximum absolute atomic E-state index is 9.43. The Labute approximate surface area is 252 Å². The van der Waals surface area contributed by atoms with Crippen LogP contribution in [0.15, 0.2) is 110 Å². The summed E-state index contributed by atoms with van der Waals surface area (Å²) in [6.07, 6.45) is 13.2. The SMILES string of the molecule is CNCCC(c1cccnc1)n1ccc2cccc(OC)c21.COc1cccc2ccn(C(CCO)c3cccnc3)c12. The Hall–Kier alpha value is -4.66. The summed E-state index contributed by atoms with van der Waals surface area (Å²) in [5, 5.41) is 15.0. The minimum atomic E-state index is 0.0394. The van der Waals surface area contributed by atoms with Gasteiger partial charge in [-0.1, -0.05) is 36.4 Å². The number of aromatic nitrogens is 4. The smallest absolute Gasteiger partial charge is 0.143 e. The molecule has 43 heavy (non-hydrogen) atoms. The molecule has 0 fully saturated rings. The van der Waals surface area contributed by atoms with Crippen molar-refractivity contribution in [3.05, 3.63) is 121 Å². The number of aliphatic hydroxyl groups is 1. The Bertz CT molecular complexity index is 1720. The van der Waals surface area contributed by atoms with Crippen molar-refractivity contribution in [1.82, 2.24) is 24.4 Å². The third kappa shape index (κ3) is 6.56. The molecule has 0 radical (unpaired) electrons. The summed E-state index contributed by atoms with van der Waals surface area (Å²) in [7, 11) is 5.38. The summed E-state index contributed by atoms with van der Waals surface area (Å²) < 4.78 is 15.5. The number of hydrogen-bond acceptors (Lipinski definition) is 6. The van der Waals surface area contributed by atoms with Crippen LogP contribution < -0.4 is 14.8 Å². The lowest BCUT2D eigenvalue weighted by molar-refractivity contribution is 0.269. The van der Waals surface area contributed by atoms with Crippen LogP contribution in [-0.4, -0.2) is 58.6 Å². The standard InChI is InChI=1S/C18H21N3O.C17H18N2O2/c1-19-11-8-16(15-6-4-10-20-13-15)21-12-9-14-5-3-7-17(22-2)18(14)21;1-21-16-6-2-4-13-7-10-19(17(13)16)15(8-11-20)14-5-3-9-18-12-14/h3-7,9-10,12-13,16,19H,8,11H2,1-2H3;2-7,9-10,12,15,20H,8,11H2,1H3. The van der Waals surface area contributed by atoms with E-state index in [1.807, 2.05) is 74.3 Å². The zero-order chi connectivity index (χ0) is 30.0. The molecule has 2 aromatic carbocycles. The first-order chi connectivity index (χ1) is 21.2. The average molecular weight is 578 g/mol. The third-order valence-electron chi connectivity index (χ3n) is 7.73. The Kier molecular flexibility index (Phi) is 10.0. The normalized spacial score (nSPS) is 12.5. The van der Waals surface area contributed by atoms with E-state index in [2.05, 4.69) is 60.9 Å². The zero-order valence-electron chi connectivity index (χ0n) is 24.9. The minimum Gasteiger partial charge on any atom is -0.495 e. The summed E-state index contributed by atoms with van der Waals surface area (Å²) >= 11 is 0. The molecule has 222 valence electrons. The van der Waals surface area contributed by atoms with E-state index in [0.29, 0.717) is 6.42 Å². The average Bonchev–Trinajstić information content (AvgIpc) is 3.70. The highest BCUT2D eigenvalue weighted by molar-refractivity contribution is 5.87. The van der Waals surface area contributed by atoms with Crippen LogP contribution in [-0.2, 0) is 0 Å². The van der Waals surface area contributed by atoms with Crippen LogP contribution in [0, 0.1) is 0 Å². The number of benzene rings is 2. The fraction of sp³-hybridized carbons (Fsp3) is 0.257. The van der Waals surface area contributed by atoms with Gasteiger partial charge in [0.15, 0.2) is 0 Å². The Morgan fingerprint density at radius 1 is 0.698 bits per heavy atom. The number of para-hydroxylation sites is 2. The molecule has 0 bridgehead atoms. The van der Waals surface area contributed by atoms with Gasteiger partial charge in [0, 0.05) is 54.6 Å². The monoisotopic (exact) mass is 577 g/mol. The Morgan fingerprint density at radius 2 is 1.21 bits per heavy atom. The fourth-order valence-electron chi connectivity index (χ4n) is 5.70. The van der Waals surface area contributed by atoms with Crippen molar-refractivity contribution in [3.8, 4) is 11.5 Å². The molecule has 0 saturated heterocycles. The van der Waals surface area contributed by atoms with E-state index in [1.165, 1.54) is 10.9 Å². The van der Waals surface area contributed by atoms with Crippen LogP contribution in [0.1, 0.15) is 36.1 Å². The van der Waals surface area contributed by atoms with Gasteiger partial charge in [-0.05, 0) is 74.0 Å². The number of methoxy groups -OCH3 is 2. The number of hydrogen-bond donors (Lipinski definition) is 2. The van der Waals surface area contributed by atoms with Crippen molar-refractivity contribution >= 4 is 21.8 Å². The van der Waals surface area contributed by atoms with E-state index in [-0.39, 0.29) is 18.7 Å². The highest BCUT2D eigenvalue weighted by Crippen LogP contribution is 2.34. The molecule has 8 nitrogen and oxygen atoms in total. The van der Waals surface area contributed by atoms with Crippen LogP contribution in [0.3, 0.4) is 0 Å². The van der Waals surface area contributed by atoms with E-state index in [9.17, 15) is 5.11 Å². The van der Waals surface area contributed by atoms with Crippen LogP contribution >= 0.6 is 0 Å². The number of nitrogens with one attached hydrogen (secondary N) is 1. The lowest BCUT2D eigenvalue weighted by atomic mass is 10.1. The van der Waals surface area contributed by atoms with Gasteiger partial charge in [0.2, 0.25) is 0 Å². The highest BCUT2D eigenvalue weighted by Gasteiger charge is 2.19. The topological polar surface area (TPSA) is 86.4 Å². The Morgan fingerprint density at radius 3 is 1.63 bits per heavy atom. The summed E-state index contributed by atoms with van der Waals surface area (Å²) in [6, 6.07) is 24.7. The molecule has 0 saturated carbocycles. The van der Waals surface area contributed by atoms with Gasteiger partial charge in [0.1, 0.15) is 11.5 Å². The molecule has 2 N–H and O–H groups in total. The van der Waals surface area contributed by atoms with Crippen molar-refractivity contribution < 1.29 is 14.6 Å². The van der Waals surface area contributed by atoms with E-state index < -0.39 is 0 Å². The summed E-state index contributed by atoms with van der Waals surface area (Å²) in [4.78, 5) is 8.48. The number of nitrogens with zero attached hydrogens (tertiary/aromatic N) is 4. The van der Waals surface area contributed by atoms with Gasteiger partial charge in [-0.3, -0.25) is 9.97 Å². The zero-order valence-corrected chi connectivity index (χ0v) is 24.9. The number of pyridine rings is 2. The lowest BCUT2D eigenvalue weighted by Crippen LogP contribution is -2.17. The van der Waals surface area contributed by atoms with Gasteiger partial charge in [-0.15, -0.1) is 0 Å². The first kappa shape index (κ1) is 29.8. The molecule has 4 aromatic heterocycles. The second kappa shape index (κ2) is 14.5. The predicted octanol–water partition coefficient (Wildman–Crippen LogP) is 6.26. The maximum atomic E-state index is 9.43. The lowest BCUT2D eigenvalue weighted by Gasteiger charge is -2.21. The third-order valence-corrected chi connectivity index (χ3v) is 7.73. The van der Waals surface area contributed by atoms with Gasteiger partial charge in [-0.25, -0.2) is 0 Å². The quantitative estimate of drug-likeness (QED) is 0.189. The first-order valence-corrected chi connectivity index (χ1v) is 14.5. The predicted molar refractivity (Wildman–Crippen MR) is 172 cm³/mol. The van der Waals surface area contributed by atoms with Crippen molar-refractivity contribution in [2.75, 3.05) is 34.4 Å². The van der Waals surface area contributed by atoms with E-state index in [1.54, 1.807) is 20.4 Å². The second-order valence-electron chi connectivity index (χ2n) is 10.3. The molecule has 6 rings (SSSR count). The molecular formula is C35H39N5O3. The van der Waals surface area contributed by atoms with Crippen molar-refractivity contribution in [3.63, 3.8) is 0 Å². The second-order valence-corrected chi connectivity index (χ2v) is 10.3.